The summed E-state index contributed by atoms with van der Waals surface area (Å²) in [5, 5.41) is 0. The maximum Gasteiger partial charge on any atom is 0.155 e. The van der Waals surface area contributed by atoms with Gasteiger partial charge in [-0.2, -0.15) is 0 Å². The zero-order valence-corrected chi connectivity index (χ0v) is 7.89. The molecule has 66 valence electrons. The highest BCUT2D eigenvalue weighted by Gasteiger charge is 2.41. The summed E-state index contributed by atoms with van der Waals surface area (Å²) in [6.07, 6.45) is 6.19. The van der Waals surface area contributed by atoms with E-state index >= 15 is 0 Å². The minimum absolute atomic E-state index is 0.344. The van der Waals surface area contributed by atoms with E-state index in [0.29, 0.717) is 11.2 Å². The first-order chi connectivity index (χ1) is 5.63. The maximum atomic E-state index is 11.2. The molecular weight excluding hydrogens is 148 g/mol. The van der Waals surface area contributed by atoms with Gasteiger partial charge in [0.1, 0.15) is 0 Å². The Kier molecular flexibility index (Phi) is 1.64. The van der Waals surface area contributed by atoms with Crippen molar-refractivity contribution in [1.29, 1.82) is 0 Å². The molecule has 0 heterocycles. The number of fused-ring (bicyclic) bond motifs is 1. The van der Waals surface area contributed by atoms with E-state index in [1.54, 1.807) is 0 Å². The van der Waals surface area contributed by atoms with Gasteiger partial charge in [0.15, 0.2) is 5.78 Å². The van der Waals surface area contributed by atoms with Gasteiger partial charge in [0, 0.05) is 6.42 Å². The van der Waals surface area contributed by atoms with Crippen molar-refractivity contribution in [1.82, 2.24) is 0 Å². The molecule has 0 N–H and O–H groups in total. The van der Waals surface area contributed by atoms with Crippen LogP contribution in [0.1, 0.15) is 39.5 Å². The van der Waals surface area contributed by atoms with E-state index in [1.165, 1.54) is 12.0 Å². The first kappa shape index (κ1) is 8.03. The molecule has 0 spiro atoms. The fourth-order valence-corrected chi connectivity index (χ4v) is 2.59. The molecule has 0 bridgehead atoms. The minimum atomic E-state index is 0.344. The summed E-state index contributed by atoms with van der Waals surface area (Å²) in [4.78, 5) is 11.2. The lowest BCUT2D eigenvalue weighted by Gasteiger charge is -2.33. The highest BCUT2D eigenvalue weighted by Crippen LogP contribution is 2.51. The molecule has 2 unspecified atom stereocenters. The molecule has 2 atom stereocenters. The van der Waals surface area contributed by atoms with Crippen LogP contribution in [0.15, 0.2) is 11.6 Å². The fraction of sp³-hybridized carbons (Fsp3) is 0.727. The number of hydrogen-bond donors (Lipinski definition) is 0. The van der Waals surface area contributed by atoms with E-state index in [2.05, 4.69) is 13.8 Å². The van der Waals surface area contributed by atoms with Crippen molar-refractivity contribution in [2.75, 3.05) is 0 Å². The summed E-state index contributed by atoms with van der Waals surface area (Å²) >= 11 is 0. The molecule has 2 aliphatic rings. The zero-order valence-electron chi connectivity index (χ0n) is 7.89. The summed E-state index contributed by atoms with van der Waals surface area (Å²) in [6.45, 7) is 4.64. The van der Waals surface area contributed by atoms with Gasteiger partial charge < -0.3 is 0 Å². The van der Waals surface area contributed by atoms with E-state index in [-0.39, 0.29) is 0 Å². The van der Waals surface area contributed by atoms with Crippen LogP contribution in [0, 0.1) is 11.3 Å². The van der Waals surface area contributed by atoms with E-state index < -0.39 is 0 Å². The van der Waals surface area contributed by atoms with Crippen molar-refractivity contribution >= 4 is 5.78 Å². The van der Waals surface area contributed by atoms with Gasteiger partial charge in [0.2, 0.25) is 0 Å². The average molecular weight is 164 g/mol. The van der Waals surface area contributed by atoms with Crippen LogP contribution in [0.2, 0.25) is 0 Å². The highest BCUT2D eigenvalue weighted by atomic mass is 16.1. The van der Waals surface area contributed by atoms with Crippen molar-refractivity contribution in [2.45, 2.75) is 39.5 Å². The van der Waals surface area contributed by atoms with Crippen molar-refractivity contribution in [3.8, 4) is 0 Å². The molecule has 0 saturated heterocycles. The van der Waals surface area contributed by atoms with Crippen LogP contribution in [-0.4, -0.2) is 5.78 Å². The molecule has 0 aromatic carbocycles. The summed E-state index contributed by atoms with van der Waals surface area (Å²) in [5.41, 5.74) is 1.79. The molecule has 0 radical (unpaired) electrons. The van der Waals surface area contributed by atoms with Crippen LogP contribution in [0.5, 0.6) is 0 Å². The number of carbonyl (C=O) groups excluding carboxylic acids is 1. The summed E-state index contributed by atoms with van der Waals surface area (Å²) in [6, 6.07) is 0. The van der Waals surface area contributed by atoms with E-state index in [9.17, 15) is 4.79 Å². The van der Waals surface area contributed by atoms with Crippen LogP contribution in [-0.2, 0) is 4.79 Å². The third-order valence-electron chi connectivity index (χ3n) is 3.89. The molecule has 1 fully saturated rings. The molecule has 2 aliphatic carbocycles. The predicted octanol–water partition coefficient (Wildman–Crippen LogP) is 2.71. The lowest BCUT2D eigenvalue weighted by Crippen LogP contribution is -2.26. The normalized spacial score (nSPS) is 41.0. The lowest BCUT2D eigenvalue weighted by molar-refractivity contribution is -0.115. The molecule has 2 rings (SSSR count). The summed E-state index contributed by atoms with van der Waals surface area (Å²) in [7, 11) is 0. The Balaban J connectivity index is 2.37. The third kappa shape index (κ3) is 0.954. The Hall–Kier alpha value is -0.590. The lowest BCUT2D eigenvalue weighted by atomic mass is 9.71. The molecule has 1 saturated carbocycles. The van der Waals surface area contributed by atoms with E-state index in [4.69, 9.17) is 0 Å². The zero-order chi connectivity index (χ0) is 8.77. The molecule has 0 amide bonds. The quantitative estimate of drug-likeness (QED) is 0.538. The smallest absolute Gasteiger partial charge is 0.155 e. The van der Waals surface area contributed by atoms with Gasteiger partial charge in [0.25, 0.3) is 0 Å². The second-order valence-corrected chi connectivity index (χ2v) is 4.49. The summed E-state index contributed by atoms with van der Waals surface area (Å²) < 4.78 is 0. The van der Waals surface area contributed by atoms with Crippen LogP contribution >= 0.6 is 0 Å². The van der Waals surface area contributed by atoms with Crippen molar-refractivity contribution in [3.05, 3.63) is 11.6 Å². The maximum absolute atomic E-state index is 11.2. The predicted molar refractivity (Wildman–Crippen MR) is 48.8 cm³/mol. The fourth-order valence-electron chi connectivity index (χ4n) is 2.59. The number of hydrogen-bond acceptors (Lipinski definition) is 1. The van der Waals surface area contributed by atoms with Gasteiger partial charge in [-0.3, -0.25) is 4.79 Å². The Morgan fingerprint density at radius 3 is 3.00 bits per heavy atom. The average Bonchev–Trinajstić information content (AvgIpc) is 2.31. The second kappa shape index (κ2) is 2.45. The number of carbonyl (C=O) groups is 1. The first-order valence-electron chi connectivity index (χ1n) is 4.87. The third-order valence-corrected chi connectivity index (χ3v) is 3.89. The molecular formula is C11H16O. The van der Waals surface area contributed by atoms with Gasteiger partial charge in [-0.15, -0.1) is 0 Å². The van der Waals surface area contributed by atoms with Gasteiger partial charge >= 0.3 is 0 Å². The molecule has 0 aromatic rings. The molecule has 0 aliphatic heterocycles. The van der Waals surface area contributed by atoms with Crippen molar-refractivity contribution < 1.29 is 4.79 Å². The summed E-state index contributed by atoms with van der Waals surface area (Å²) in [5.74, 6) is 1.12. The van der Waals surface area contributed by atoms with Crippen LogP contribution < -0.4 is 0 Å². The Bertz CT molecular complexity index is 252. The van der Waals surface area contributed by atoms with E-state index in [0.717, 1.165) is 25.2 Å². The monoisotopic (exact) mass is 164 g/mol. The Morgan fingerprint density at radius 1 is 1.50 bits per heavy atom. The standard InChI is InChI=1S/C11H16O/c1-8-3-4-9-7-10(12)5-6-11(8,9)2/h7-8H,3-6H2,1-2H3. The molecule has 1 heteroatoms. The van der Waals surface area contributed by atoms with Gasteiger partial charge in [-0.25, -0.2) is 0 Å². The Labute approximate surface area is 73.8 Å². The highest BCUT2D eigenvalue weighted by molar-refractivity contribution is 5.91. The first-order valence-corrected chi connectivity index (χ1v) is 4.87. The largest absolute Gasteiger partial charge is 0.295 e. The topological polar surface area (TPSA) is 17.1 Å². The van der Waals surface area contributed by atoms with Crippen LogP contribution in [0.25, 0.3) is 0 Å². The minimum Gasteiger partial charge on any atom is -0.295 e. The molecule has 1 nitrogen and oxygen atoms in total. The number of rotatable bonds is 0. The molecule has 0 aromatic heterocycles. The van der Waals surface area contributed by atoms with Gasteiger partial charge in [-0.05, 0) is 36.7 Å². The Morgan fingerprint density at radius 2 is 2.25 bits per heavy atom. The van der Waals surface area contributed by atoms with Crippen LogP contribution in [0.3, 0.4) is 0 Å². The van der Waals surface area contributed by atoms with Crippen LogP contribution in [0.4, 0.5) is 0 Å². The second-order valence-electron chi connectivity index (χ2n) is 4.49. The SMILES string of the molecule is CC1CCC2=CC(=O)CCC21C. The number of ketones is 1. The van der Waals surface area contributed by atoms with Crippen molar-refractivity contribution in [2.24, 2.45) is 11.3 Å². The van der Waals surface area contributed by atoms with Crippen molar-refractivity contribution in [3.63, 3.8) is 0 Å². The number of allylic oxidation sites excluding steroid dienone is 2. The van der Waals surface area contributed by atoms with Gasteiger partial charge in [0.05, 0.1) is 0 Å². The van der Waals surface area contributed by atoms with Gasteiger partial charge in [-0.1, -0.05) is 19.4 Å². The van der Waals surface area contributed by atoms with E-state index in [1.807, 2.05) is 6.08 Å². The molecule has 12 heavy (non-hydrogen) atoms.